The molecular weight excluding hydrogens is 350 g/mol. The minimum Gasteiger partial charge on any atom is -0.367 e. The molecule has 0 radical (unpaired) electrons. The van der Waals surface area contributed by atoms with E-state index >= 15 is 0 Å². The number of amides is 1. The largest absolute Gasteiger partial charge is 0.367 e. The molecule has 0 unspecified atom stereocenters. The molecule has 0 fully saturated rings. The zero-order chi connectivity index (χ0) is 20.1. The van der Waals surface area contributed by atoms with Crippen LogP contribution in [0.5, 0.6) is 0 Å². The SMILES string of the molecule is CO[C@H](C(=O)N/N=C\c1cc(C)n(-c2ccccc2C)c1C)c1ccccc1. The Labute approximate surface area is 165 Å². The van der Waals surface area contributed by atoms with E-state index in [-0.39, 0.29) is 5.91 Å². The van der Waals surface area contributed by atoms with E-state index in [1.807, 2.05) is 49.4 Å². The topological polar surface area (TPSA) is 55.6 Å². The van der Waals surface area contributed by atoms with Gasteiger partial charge in [-0.15, -0.1) is 0 Å². The number of nitrogens with one attached hydrogen (secondary N) is 1. The Morgan fingerprint density at radius 3 is 2.43 bits per heavy atom. The lowest BCUT2D eigenvalue weighted by Crippen LogP contribution is -2.26. The quantitative estimate of drug-likeness (QED) is 0.517. The number of hydrazone groups is 1. The van der Waals surface area contributed by atoms with Crippen LogP contribution >= 0.6 is 0 Å². The molecule has 0 bridgehead atoms. The summed E-state index contributed by atoms with van der Waals surface area (Å²) in [4.78, 5) is 12.4. The third-order valence-electron chi connectivity index (χ3n) is 4.78. The Balaban J connectivity index is 1.77. The third kappa shape index (κ3) is 4.05. The van der Waals surface area contributed by atoms with Crippen molar-refractivity contribution in [2.24, 2.45) is 5.10 Å². The molecule has 0 saturated carbocycles. The molecule has 0 saturated heterocycles. The van der Waals surface area contributed by atoms with Crippen LogP contribution in [0.4, 0.5) is 0 Å². The zero-order valence-electron chi connectivity index (χ0n) is 16.6. The van der Waals surface area contributed by atoms with Crippen LogP contribution in [0.25, 0.3) is 5.69 Å². The number of hydrogen-bond donors (Lipinski definition) is 1. The molecule has 5 nitrogen and oxygen atoms in total. The second-order valence-corrected chi connectivity index (χ2v) is 6.71. The predicted molar refractivity (Wildman–Crippen MR) is 112 cm³/mol. The smallest absolute Gasteiger partial charge is 0.273 e. The van der Waals surface area contributed by atoms with E-state index in [1.54, 1.807) is 6.21 Å². The fourth-order valence-electron chi connectivity index (χ4n) is 3.35. The van der Waals surface area contributed by atoms with Gasteiger partial charge in [0.2, 0.25) is 0 Å². The number of benzene rings is 2. The maximum atomic E-state index is 12.4. The number of para-hydroxylation sites is 1. The summed E-state index contributed by atoms with van der Waals surface area (Å²) < 4.78 is 7.52. The fraction of sp³-hybridized carbons (Fsp3) is 0.217. The van der Waals surface area contributed by atoms with E-state index < -0.39 is 6.10 Å². The number of carbonyl (C=O) groups is 1. The zero-order valence-corrected chi connectivity index (χ0v) is 16.6. The second-order valence-electron chi connectivity index (χ2n) is 6.71. The summed E-state index contributed by atoms with van der Waals surface area (Å²) in [6.45, 7) is 6.20. The lowest BCUT2D eigenvalue weighted by Gasteiger charge is -2.13. The van der Waals surface area contributed by atoms with Crippen LogP contribution in [0.15, 0.2) is 65.8 Å². The van der Waals surface area contributed by atoms with Gasteiger partial charge in [0.15, 0.2) is 6.10 Å². The van der Waals surface area contributed by atoms with E-state index in [9.17, 15) is 4.79 Å². The summed E-state index contributed by atoms with van der Waals surface area (Å²) in [5, 5.41) is 4.15. The predicted octanol–water partition coefficient (Wildman–Crippen LogP) is 4.24. The molecule has 0 aliphatic rings. The molecule has 1 amide bonds. The van der Waals surface area contributed by atoms with Crippen LogP contribution in [0, 0.1) is 20.8 Å². The van der Waals surface area contributed by atoms with E-state index in [1.165, 1.54) is 12.7 Å². The lowest BCUT2D eigenvalue weighted by molar-refractivity contribution is -0.131. The molecule has 0 aliphatic carbocycles. The standard InChI is InChI=1S/C23H25N3O2/c1-16-10-8-9-13-21(16)26-17(2)14-20(18(26)3)15-24-25-23(27)22(28-4)19-11-6-5-7-12-19/h5-15,22H,1-4H3,(H,25,27)/b24-15-/t22-/m0/s1. The van der Waals surface area contributed by atoms with Gasteiger partial charge in [0, 0.05) is 29.7 Å². The van der Waals surface area contributed by atoms with E-state index in [0.717, 1.165) is 28.2 Å². The average Bonchev–Trinajstić information content (AvgIpc) is 2.97. The summed E-state index contributed by atoms with van der Waals surface area (Å²) in [6.07, 6.45) is 0.977. The van der Waals surface area contributed by atoms with Gasteiger partial charge in [-0.05, 0) is 44.0 Å². The van der Waals surface area contributed by atoms with Gasteiger partial charge in [-0.2, -0.15) is 5.10 Å². The molecule has 1 aromatic heterocycles. The Hall–Kier alpha value is -3.18. The van der Waals surface area contributed by atoms with Gasteiger partial charge in [-0.1, -0.05) is 48.5 Å². The molecule has 3 rings (SSSR count). The first-order valence-electron chi connectivity index (χ1n) is 9.18. The van der Waals surface area contributed by atoms with Crippen molar-refractivity contribution in [3.8, 4) is 5.69 Å². The van der Waals surface area contributed by atoms with Crippen molar-refractivity contribution in [2.75, 3.05) is 7.11 Å². The van der Waals surface area contributed by atoms with Crippen LogP contribution in [0.1, 0.15) is 34.2 Å². The van der Waals surface area contributed by atoms with Crippen molar-refractivity contribution in [1.29, 1.82) is 0 Å². The van der Waals surface area contributed by atoms with Crippen molar-refractivity contribution in [2.45, 2.75) is 26.9 Å². The number of aryl methyl sites for hydroxylation is 2. The summed E-state index contributed by atoms with van der Waals surface area (Å²) in [5.41, 5.74) is 8.84. The van der Waals surface area contributed by atoms with Gasteiger partial charge in [0.05, 0.1) is 6.21 Å². The second kappa shape index (κ2) is 8.67. The highest BCUT2D eigenvalue weighted by atomic mass is 16.5. The first-order chi connectivity index (χ1) is 13.5. The molecule has 144 valence electrons. The Bertz CT molecular complexity index is 990. The molecule has 1 N–H and O–H groups in total. The summed E-state index contributed by atoms with van der Waals surface area (Å²) >= 11 is 0. The number of methoxy groups -OCH3 is 1. The van der Waals surface area contributed by atoms with Crippen molar-refractivity contribution in [3.63, 3.8) is 0 Å². The van der Waals surface area contributed by atoms with Gasteiger partial charge in [0.1, 0.15) is 0 Å². The number of carbonyl (C=O) groups excluding carboxylic acids is 1. The molecule has 0 aliphatic heterocycles. The molecule has 0 spiro atoms. The Kier molecular flexibility index (Phi) is 6.06. The van der Waals surface area contributed by atoms with Crippen LogP contribution in [0.3, 0.4) is 0 Å². The first-order valence-corrected chi connectivity index (χ1v) is 9.18. The minimum atomic E-state index is -0.697. The summed E-state index contributed by atoms with van der Waals surface area (Å²) in [7, 11) is 1.51. The van der Waals surface area contributed by atoms with Gasteiger partial charge in [-0.25, -0.2) is 5.43 Å². The maximum Gasteiger partial charge on any atom is 0.273 e. The van der Waals surface area contributed by atoms with Gasteiger partial charge < -0.3 is 9.30 Å². The van der Waals surface area contributed by atoms with Crippen molar-refractivity contribution in [1.82, 2.24) is 9.99 Å². The molecular formula is C23H25N3O2. The van der Waals surface area contributed by atoms with Gasteiger partial charge >= 0.3 is 0 Å². The van der Waals surface area contributed by atoms with E-state index in [2.05, 4.69) is 47.1 Å². The minimum absolute atomic E-state index is 0.308. The van der Waals surface area contributed by atoms with E-state index in [4.69, 9.17) is 4.74 Å². The van der Waals surface area contributed by atoms with Crippen LogP contribution in [-0.2, 0) is 9.53 Å². The summed E-state index contributed by atoms with van der Waals surface area (Å²) in [5.74, 6) is -0.308. The maximum absolute atomic E-state index is 12.4. The molecule has 28 heavy (non-hydrogen) atoms. The Morgan fingerprint density at radius 1 is 1.07 bits per heavy atom. The van der Waals surface area contributed by atoms with Crippen molar-refractivity contribution >= 4 is 12.1 Å². The highest BCUT2D eigenvalue weighted by Crippen LogP contribution is 2.22. The van der Waals surface area contributed by atoms with E-state index in [0.29, 0.717) is 0 Å². The number of ether oxygens (including phenoxy) is 1. The fourth-order valence-corrected chi connectivity index (χ4v) is 3.35. The molecule has 1 heterocycles. The molecule has 5 heteroatoms. The number of aromatic nitrogens is 1. The van der Waals surface area contributed by atoms with Crippen LogP contribution in [0.2, 0.25) is 0 Å². The summed E-state index contributed by atoms with van der Waals surface area (Å²) in [6, 6.07) is 19.7. The number of rotatable bonds is 6. The highest BCUT2D eigenvalue weighted by molar-refractivity contribution is 5.86. The van der Waals surface area contributed by atoms with Gasteiger partial charge in [0.25, 0.3) is 5.91 Å². The number of hydrogen-bond acceptors (Lipinski definition) is 3. The lowest BCUT2D eigenvalue weighted by atomic mass is 10.1. The van der Waals surface area contributed by atoms with Crippen LogP contribution < -0.4 is 5.43 Å². The molecule has 1 atom stereocenters. The first kappa shape index (κ1) is 19.6. The third-order valence-corrected chi connectivity index (χ3v) is 4.78. The Morgan fingerprint density at radius 2 is 1.75 bits per heavy atom. The van der Waals surface area contributed by atoms with Crippen LogP contribution in [-0.4, -0.2) is 23.8 Å². The molecule has 3 aromatic rings. The normalized spacial score (nSPS) is 12.3. The molecule has 2 aromatic carbocycles. The average molecular weight is 375 g/mol. The monoisotopic (exact) mass is 375 g/mol. The number of nitrogens with zero attached hydrogens (tertiary/aromatic N) is 2. The van der Waals surface area contributed by atoms with Gasteiger partial charge in [-0.3, -0.25) is 4.79 Å². The van der Waals surface area contributed by atoms with Crippen molar-refractivity contribution < 1.29 is 9.53 Å². The van der Waals surface area contributed by atoms with Crippen molar-refractivity contribution in [3.05, 3.63) is 88.7 Å². The highest BCUT2D eigenvalue weighted by Gasteiger charge is 2.19.